The van der Waals surface area contributed by atoms with Crippen molar-refractivity contribution in [1.29, 1.82) is 0 Å². The van der Waals surface area contributed by atoms with E-state index in [1.54, 1.807) is 0 Å². The number of nitrogens with zero attached hydrogens (tertiary/aromatic N) is 3. The first kappa shape index (κ1) is 13.5. The van der Waals surface area contributed by atoms with Crippen LogP contribution in [0.15, 0.2) is 12.4 Å². The molecule has 0 aliphatic heterocycles. The summed E-state index contributed by atoms with van der Waals surface area (Å²) in [6, 6.07) is 0. The summed E-state index contributed by atoms with van der Waals surface area (Å²) in [5, 5.41) is 17.2. The molecule has 0 atom stereocenters. The maximum absolute atomic E-state index is 11.9. The van der Waals surface area contributed by atoms with Gasteiger partial charge in [-0.15, -0.1) is 0 Å². The summed E-state index contributed by atoms with van der Waals surface area (Å²) >= 11 is 0. The van der Waals surface area contributed by atoms with Crippen LogP contribution in [-0.4, -0.2) is 27.2 Å². The summed E-state index contributed by atoms with van der Waals surface area (Å²) in [6.07, 6.45) is 8.00. The van der Waals surface area contributed by atoms with E-state index < -0.39 is 4.92 Å². The molecule has 1 amide bonds. The number of carbonyl (C=O) groups excluding carboxylic acids is 1. The Morgan fingerprint density at radius 1 is 1.47 bits per heavy atom. The molecule has 1 N–H and O–H groups in total. The van der Waals surface area contributed by atoms with Crippen LogP contribution in [-0.2, 0) is 11.3 Å². The van der Waals surface area contributed by atoms with E-state index >= 15 is 0 Å². The van der Waals surface area contributed by atoms with E-state index in [0.29, 0.717) is 13.1 Å². The molecular weight excluding hydrogens is 248 g/mol. The second kappa shape index (κ2) is 6.31. The number of hydrogen-bond acceptors (Lipinski definition) is 4. The second-order valence-corrected chi connectivity index (χ2v) is 4.84. The maximum atomic E-state index is 11.9. The molecule has 104 valence electrons. The predicted octanol–water partition coefficient (Wildman–Crippen LogP) is 1.49. The highest BCUT2D eigenvalue weighted by Crippen LogP contribution is 2.23. The molecule has 0 spiro atoms. The molecule has 7 heteroatoms. The Balaban J connectivity index is 1.73. The van der Waals surface area contributed by atoms with Crippen LogP contribution in [0.4, 0.5) is 5.69 Å². The van der Waals surface area contributed by atoms with Crippen molar-refractivity contribution in [2.24, 2.45) is 5.92 Å². The summed E-state index contributed by atoms with van der Waals surface area (Å²) in [5.74, 6) is 0.238. The van der Waals surface area contributed by atoms with Crippen LogP contribution >= 0.6 is 0 Å². The van der Waals surface area contributed by atoms with Gasteiger partial charge < -0.3 is 5.32 Å². The number of rotatable bonds is 5. The number of nitrogens with one attached hydrogen (secondary N) is 1. The number of amides is 1. The Morgan fingerprint density at radius 2 is 2.21 bits per heavy atom. The normalized spacial score (nSPS) is 16.2. The van der Waals surface area contributed by atoms with Crippen molar-refractivity contribution >= 4 is 11.6 Å². The molecule has 1 aromatic rings. The molecule has 0 unspecified atom stereocenters. The molecule has 1 aromatic heterocycles. The van der Waals surface area contributed by atoms with E-state index in [4.69, 9.17) is 0 Å². The number of nitro groups is 1. The van der Waals surface area contributed by atoms with E-state index in [1.807, 2.05) is 0 Å². The monoisotopic (exact) mass is 266 g/mol. The average molecular weight is 266 g/mol. The molecule has 1 saturated carbocycles. The summed E-state index contributed by atoms with van der Waals surface area (Å²) in [5.41, 5.74) is -0.0291. The third kappa shape index (κ3) is 3.77. The first-order chi connectivity index (χ1) is 9.16. The molecule has 1 fully saturated rings. The molecule has 19 heavy (non-hydrogen) atoms. The smallest absolute Gasteiger partial charge is 0.306 e. The van der Waals surface area contributed by atoms with Gasteiger partial charge in [0, 0.05) is 12.5 Å². The lowest BCUT2D eigenvalue weighted by Crippen LogP contribution is -2.34. The number of carbonyl (C=O) groups is 1. The van der Waals surface area contributed by atoms with Crippen molar-refractivity contribution in [3.63, 3.8) is 0 Å². The fraction of sp³-hybridized carbons (Fsp3) is 0.667. The molecule has 7 nitrogen and oxygen atoms in total. The molecule has 0 radical (unpaired) electrons. The van der Waals surface area contributed by atoms with Crippen molar-refractivity contribution in [3.05, 3.63) is 22.5 Å². The van der Waals surface area contributed by atoms with Crippen LogP contribution in [0.5, 0.6) is 0 Å². The molecule has 1 aliphatic carbocycles. The summed E-state index contributed by atoms with van der Waals surface area (Å²) < 4.78 is 1.47. The SMILES string of the molecule is O=C(NCCn1cc([N+](=O)[O-])cn1)C1CCCCC1. The Hall–Kier alpha value is -1.92. The molecule has 0 bridgehead atoms. The number of hydrogen-bond donors (Lipinski definition) is 1. The Bertz CT molecular complexity index is 452. The van der Waals surface area contributed by atoms with Crippen molar-refractivity contribution in [2.75, 3.05) is 6.54 Å². The van der Waals surface area contributed by atoms with Gasteiger partial charge in [0.25, 0.3) is 0 Å². The van der Waals surface area contributed by atoms with E-state index in [0.717, 1.165) is 25.7 Å². The third-order valence-corrected chi connectivity index (χ3v) is 3.45. The quantitative estimate of drug-likeness (QED) is 0.645. The summed E-state index contributed by atoms with van der Waals surface area (Å²) in [4.78, 5) is 21.9. The van der Waals surface area contributed by atoms with Gasteiger partial charge in [-0.2, -0.15) is 5.10 Å². The minimum Gasteiger partial charge on any atom is -0.354 e. The van der Waals surface area contributed by atoms with Gasteiger partial charge >= 0.3 is 5.69 Å². The van der Waals surface area contributed by atoms with Crippen molar-refractivity contribution < 1.29 is 9.72 Å². The number of aromatic nitrogens is 2. The van der Waals surface area contributed by atoms with E-state index in [2.05, 4.69) is 10.4 Å². The standard InChI is InChI=1S/C12H18N4O3/c17-12(10-4-2-1-3-5-10)13-6-7-15-9-11(8-14-15)16(18)19/h8-10H,1-7H2,(H,13,17). The molecule has 2 rings (SSSR count). The highest BCUT2D eigenvalue weighted by Gasteiger charge is 2.20. The van der Waals surface area contributed by atoms with Gasteiger partial charge in [0.1, 0.15) is 12.4 Å². The van der Waals surface area contributed by atoms with Crippen molar-refractivity contribution in [1.82, 2.24) is 15.1 Å². The second-order valence-electron chi connectivity index (χ2n) is 4.84. The molecule has 1 heterocycles. The fourth-order valence-electron chi connectivity index (χ4n) is 2.37. The zero-order valence-corrected chi connectivity index (χ0v) is 10.7. The molecular formula is C12H18N4O3. The largest absolute Gasteiger partial charge is 0.354 e. The lowest BCUT2D eigenvalue weighted by atomic mass is 9.89. The third-order valence-electron chi connectivity index (χ3n) is 3.45. The minimum atomic E-state index is -0.482. The zero-order valence-electron chi connectivity index (χ0n) is 10.7. The highest BCUT2D eigenvalue weighted by atomic mass is 16.6. The van der Waals surface area contributed by atoms with E-state index in [9.17, 15) is 14.9 Å². The minimum absolute atomic E-state index is 0.0291. The molecule has 0 aromatic carbocycles. The topological polar surface area (TPSA) is 90.1 Å². The summed E-state index contributed by atoms with van der Waals surface area (Å²) in [6.45, 7) is 0.903. The van der Waals surface area contributed by atoms with Gasteiger partial charge in [-0.25, -0.2) is 0 Å². The van der Waals surface area contributed by atoms with Gasteiger partial charge in [0.05, 0.1) is 11.5 Å². The Labute approximate surface area is 111 Å². The van der Waals surface area contributed by atoms with Crippen LogP contribution in [0.2, 0.25) is 0 Å². The van der Waals surface area contributed by atoms with Gasteiger partial charge in [0.2, 0.25) is 5.91 Å². The van der Waals surface area contributed by atoms with Crippen LogP contribution in [0, 0.1) is 16.0 Å². The predicted molar refractivity (Wildman–Crippen MR) is 68.5 cm³/mol. The van der Waals surface area contributed by atoms with Crippen LogP contribution in [0.1, 0.15) is 32.1 Å². The lowest BCUT2D eigenvalue weighted by molar-refractivity contribution is -0.385. The first-order valence-corrected chi connectivity index (χ1v) is 6.61. The van der Waals surface area contributed by atoms with E-state index in [1.165, 1.54) is 23.5 Å². The van der Waals surface area contributed by atoms with Crippen molar-refractivity contribution in [2.45, 2.75) is 38.6 Å². The fourth-order valence-corrected chi connectivity index (χ4v) is 2.37. The maximum Gasteiger partial charge on any atom is 0.306 e. The average Bonchev–Trinajstić information content (AvgIpc) is 2.89. The van der Waals surface area contributed by atoms with Gasteiger partial charge in [-0.1, -0.05) is 19.3 Å². The van der Waals surface area contributed by atoms with Gasteiger partial charge in [-0.3, -0.25) is 19.6 Å². The highest BCUT2D eigenvalue weighted by molar-refractivity contribution is 5.78. The van der Waals surface area contributed by atoms with Gasteiger partial charge in [0.15, 0.2) is 0 Å². The molecule has 0 saturated heterocycles. The Morgan fingerprint density at radius 3 is 2.84 bits per heavy atom. The van der Waals surface area contributed by atoms with Crippen LogP contribution < -0.4 is 5.32 Å². The van der Waals surface area contributed by atoms with Crippen LogP contribution in [0.3, 0.4) is 0 Å². The summed E-state index contributed by atoms with van der Waals surface area (Å²) in [7, 11) is 0. The van der Waals surface area contributed by atoms with E-state index in [-0.39, 0.29) is 17.5 Å². The first-order valence-electron chi connectivity index (χ1n) is 6.61. The lowest BCUT2D eigenvalue weighted by Gasteiger charge is -2.20. The Kier molecular flexibility index (Phi) is 4.48. The van der Waals surface area contributed by atoms with Crippen molar-refractivity contribution in [3.8, 4) is 0 Å². The molecule has 1 aliphatic rings. The zero-order chi connectivity index (χ0) is 13.7. The van der Waals surface area contributed by atoms with Crippen LogP contribution in [0.25, 0.3) is 0 Å². The van der Waals surface area contributed by atoms with Gasteiger partial charge in [-0.05, 0) is 12.8 Å².